The summed E-state index contributed by atoms with van der Waals surface area (Å²) in [4.78, 5) is 26.4. The van der Waals surface area contributed by atoms with Crippen molar-refractivity contribution in [1.82, 2.24) is 9.55 Å². The molecular formula is C11H10N2O4. The van der Waals surface area contributed by atoms with Crippen molar-refractivity contribution in [2.24, 2.45) is 0 Å². The Morgan fingerprint density at radius 1 is 1.59 bits per heavy atom. The minimum absolute atomic E-state index is 0.0532. The molecule has 0 saturated carbocycles. The molecule has 6 heteroatoms. The molecule has 2 aromatic heterocycles. The number of hydrogen-bond donors (Lipinski definition) is 1. The van der Waals surface area contributed by atoms with Gasteiger partial charge in [0.2, 0.25) is 0 Å². The van der Waals surface area contributed by atoms with Crippen molar-refractivity contribution in [3.8, 4) is 0 Å². The number of carboxylic acids is 1. The van der Waals surface area contributed by atoms with Gasteiger partial charge in [-0.3, -0.25) is 9.36 Å². The lowest BCUT2D eigenvalue weighted by Crippen LogP contribution is -2.21. The third kappa shape index (κ3) is 2.25. The van der Waals surface area contributed by atoms with E-state index in [1.165, 1.54) is 29.3 Å². The maximum absolute atomic E-state index is 11.6. The summed E-state index contributed by atoms with van der Waals surface area (Å²) in [7, 11) is 0. The van der Waals surface area contributed by atoms with Crippen LogP contribution in [0.4, 0.5) is 0 Å². The molecule has 0 spiro atoms. The Hall–Kier alpha value is -2.37. The molecule has 2 aromatic rings. The van der Waals surface area contributed by atoms with Gasteiger partial charge in [0.25, 0.3) is 5.56 Å². The molecule has 0 unspecified atom stereocenters. The van der Waals surface area contributed by atoms with E-state index in [1.807, 2.05) is 0 Å². The summed E-state index contributed by atoms with van der Waals surface area (Å²) in [5, 5.41) is 8.88. The first kappa shape index (κ1) is 11.1. The Balaban J connectivity index is 2.35. The predicted octanol–water partition coefficient (Wildman–Crippen LogP) is 0.891. The summed E-state index contributed by atoms with van der Waals surface area (Å²) in [5.74, 6) is -0.855. The van der Waals surface area contributed by atoms with Gasteiger partial charge in [0.05, 0.1) is 19.1 Å². The lowest BCUT2D eigenvalue weighted by molar-refractivity contribution is 0.0694. The summed E-state index contributed by atoms with van der Waals surface area (Å²) >= 11 is 0. The zero-order valence-corrected chi connectivity index (χ0v) is 9.08. The van der Waals surface area contributed by atoms with Crippen molar-refractivity contribution in [2.45, 2.75) is 13.5 Å². The highest BCUT2D eigenvalue weighted by Gasteiger charge is 2.14. The smallest absolute Gasteiger partial charge is 0.339 e. The van der Waals surface area contributed by atoms with E-state index in [1.54, 1.807) is 6.92 Å². The molecule has 0 aliphatic rings. The van der Waals surface area contributed by atoms with Crippen LogP contribution in [0.25, 0.3) is 0 Å². The van der Waals surface area contributed by atoms with Crippen molar-refractivity contribution < 1.29 is 14.3 Å². The first-order chi connectivity index (χ1) is 8.08. The molecule has 0 amide bonds. The highest BCUT2D eigenvalue weighted by atomic mass is 16.4. The summed E-state index contributed by atoms with van der Waals surface area (Å²) in [5.41, 5.74) is 0.423. The number of carboxylic acid groups (broad SMARTS) is 1. The number of nitrogens with zero attached hydrogens (tertiary/aromatic N) is 2. The van der Waals surface area contributed by atoms with E-state index in [-0.39, 0.29) is 23.4 Å². The van der Waals surface area contributed by atoms with Gasteiger partial charge >= 0.3 is 5.97 Å². The van der Waals surface area contributed by atoms with Crippen LogP contribution in [0.5, 0.6) is 0 Å². The summed E-state index contributed by atoms with van der Waals surface area (Å²) in [6, 6.07) is 2.73. The second-order valence-corrected chi connectivity index (χ2v) is 3.56. The zero-order valence-electron chi connectivity index (χ0n) is 9.08. The van der Waals surface area contributed by atoms with Crippen LogP contribution in [0.2, 0.25) is 0 Å². The van der Waals surface area contributed by atoms with E-state index >= 15 is 0 Å². The van der Waals surface area contributed by atoms with Gasteiger partial charge in [0.1, 0.15) is 11.3 Å². The number of aryl methyl sites for hydroxylation is 1. The van der Waals surface area contributed by atoms with Crippen LogP contribution in [0.15, 0.2) is 33.9 Å². The van der Waals surface area contributed by atoms with Gasteiger partial charge in [-0.05, 0) is 13.0 Å². The van der Waals surface area contributed by atoms with Gasteiger partial charge in [-0.1, -0.05) is 0 Å². The molecule has 2 rings (SSSR count). The van der Waals surface area contributed by atoms with Crippen LogP contribution in [0, 0.1) is 6.92 Å². The molecule has 0 aliphatic heterocycles. The Labute approximate surface area is 96.1 Å². The van der Waals surface area contributed by atoms with E-state index in [4.69, 9.17) is 9.52 Å². The van der Waals surface area contributed by atoms with Crippen molar-refractivity contribution in [3.05, 3.63) is 52.1 Å². The molecule has 6 nitrogen and oxygen atoms in total. The number of aromatic nitrogens is 2. The number of aromatic carboxylic acids is 1. The maximum Gasteiger partial charge on any atom is 0.339 e. The summed E-state index contributed by atoms with van der Waals surface area (Å²) in [6.45, 7) is 1.77. The molecule has 0 bridgehead atoms. The second-order valence-electron chi connectivity index (χ2n) is 3.56. The van der Waals surface area contributed by atoms with E-state index in [0.717, 1.165) is 0 Å². The number of furan rings is 1. The van der Waals surface area contributed by atoms with Gasteiger partial charge in [0, 0.05) is 11.8 Å². The molecular weight excluding hydrogens is 224 g/mol. The van der Waals surface area contributed by atoms with Crippen LogP contribution >= 0.6 is 0 Å². The SMILES string of the molecule is Cc1cc(=O)n(Cc2occc2C(=O)O)cn1. The molecule has 0 aromatic carbocycles. The number of rotatable bonds is 3. The zero-order chi connectivity index (χ0) is 12.4. The Morgan fingerprint density at radius 2 is 2.35 bits per heavy atom. The van der Waals surface area contributed by atoms with E-state index in [2.05, 4.69) is 4.98 Å². The summed E-state index contributed by atoms with van der Waals surface area (Å²) < 4.78 is 6.34. The normalized spacial score (nSPS) is 10.4. The highest BCUT2D eigenvalue weighted by molar-refractivity contribution is 5.88. The van der Waals surface area contributed by atoms with E-state index in [0.29, 0.717) is 5.69 Å². The third-order valence-corrected chi connectivity index (χ3v) is 2.31. The Morgan fingerprint density at radius 3 is 3.00 bits per heavy atom. The molecule has 0 radical (unpaired) electrons. The average Bonchev–Trinajstić information content (AvgIpc) is 2.70. The fourth-order valence-corrected chi connectivity index (χ4v) is 1.44. The molecule has 0 atom stereocenters. The number of hydrogen-bond acceptors (Lipinski definition) is 4. The molecule has 88 valence electrons. The van der Waals surface area contributed by atoms with Gasteiger partial charge in [0.15, 0.2) is 0 Å². The molecule has 0 aliphatic carbocycles. The fraction of sp³-hybridized carbons (Fsp3) is 0.182. The van der Waals surface area contributed by atoms with Crippen LogP contribution in [0.1, 0.15) is 21.8 Å². The monoisotopic (exact) mass is 234 g/mol. The van der Waals surface area contributed by atoms with E-state index < -0.39 is 5.97 Å². The molecule has 1 N–H and O–H groups in total. The number of carbonyl (C=O) groups is 1. The fourth-order valence-electron chi connectivity index (χ4n) is 1.44. The van der Waals surface area contributed by atoms with Gasteiger partial charge < -0.3 is 9.52 Å². The van der Waals surface area contributed by atoms with Gasteiger partial charge in [-0.15, -0.1) is 0 Å². The Bertz CT molecular complexity index is 612. The minimum Gasteiger partial charge on any atom is -0.478 e. The molecule has 17 heavy (non-hydrogen) atoms. The second kappa shape index (κ2) is 4.25. The standard InChI is InChI=1S/C11H10N2O4/c1-7-4-10(14)13(6-12-7)5-9-8(11(15)16)2-3-17-9/h2-4,6H,5H2,1H3,(H,15,16). The van der Waals surface area contributed by atoms with Crippen LogP contribution < -0.4 is 5.56 Å². The molecule has 0 saturated heterocycles. The first-order valence-electron chi connectivity index (χ1n) is 4.90. The van der Waals surface area contributed by atoms with Crippen molar-refractivity contribution in [1.29, 1.82) is 0 Å². The topological polar surface area (TPSA) is 85.3 Å². The maximum atomic E-state index is 11.6. The third-order valence-electron chi connectivity index (χ3n) is 2.31. The Kier molecular flexibility index (Phi) is 2.78. The van der Waals surface area contributed by atoms with Crippen molar-refractivity contribution >= 4 is 5.97 Å². The van der Waals surface area contributed by atoms with Crippen molar-refractivity contribution in [2.75, 3.05) is 0 Å². The average molecular weight is 234 g/mol. The lowest BCUT2D eigenvalue weighted by Gasteiger charge is -2.03. The quantitative estimate of drug-likeness (QED) is 0.852. The van der Waals surface area contributed by atoms with E-state index in [9.17, 15) is 9.59 Å². The molecule has 2 heterocycles. The van der Waals surface area contributed by atoms with Gasteiger partial charge in [-0.2, -0.15) is 0 Å². The first-order valence-corrected chi connectivity index (χ1v) is 4.90. The minimum atomic E-state index is -1.08. The van der Waals surface area contributed by atoms with Gasteiger partial charge in [-0.25, -0.2) is 9.78 Å². The largest absolute Gasteiger partial charge is 0.478 e. The predicted molar refractivity (Wildman–Crippen MR) is 58.0 cm³/mol. The van der Waals surface area contributed by atoms with Crippen LogP contribution in [0.3, 0.4) is 0 Å². The van der Waals surface area contributed by atoms with Crippen LogP contribution in [-0.4, -0.2) is 20.6 Å². The molecule has 0 fully saturated rings. The summed E-state index contributed by atoms with van der Waals surface area (Å²) in [6.07, 6.45) is 2.65. The highest BCUT2D eigenvalue weighted by Crippen LogP contribution is 2.11. The lowest BCUT2D eigenvalue weighted by atomic mass is 10.2. The van der Waals surface area contributed by atoms with Crippen molar-refractivity contribution in [3.63, 3.8) is 0 Å². The van der Waals surface area contributed by atoms with Crippen LogP contribution in [-0.2, 0) is 6.54 Å².